The maximum atomic E-state index is 10.9. The first-order chi connectivity index (χ1) is 10.9. The largest absolute Gasteiger partial charge is 0.511 e. The van der Waals surface area contributed by atoms with Gasteiger partial charge in [-0.1, -0.05) is 25.4 Å². The van der Waals surface area contributed by atoms with Crippen LogP contribution in [0.1, 0.15) is 32.4 Å². The first-order valence-electron chi connectivity index (χ1n) is 7.13. The number of hydrogen-bond donors (Lipinski definition) is 1. The van der Waals surface area contributed by atoms with Crippen molar-refractivity contribution in [1.82, 2.24) is 9.97 Å². The van der Waals surface area contributed by atoms with Crippen LogP contribution in [-0.2, 0) is 0 Å². The predicted molar refractivity (Wildman–Crippen MR) is 86.4 cm³/mol. The van der Waals surface area contributed by atoms with Crippen LogP contribution in [0.2, 0.25) is 5.02 Å². The molecule has 1 N–H and O–H groups in total. The summed E-state index contributed by atoms with van der Waals surface area (Å²) in [6.07, 6.45) is -1.43. The predicted octanol–water partition coefficient (Wildman–Crippen LogP) is 4.38. The molecule has 0 saturated heterocycles. The number of aromatic nitrogens is 2. The third-order valence-corrected chi connectivity index (χ3v) is 3.23. The average Bonchev–Trinajstić information content (AvgIpc) is 2.49. The SMILES string of the molecule is CCOc1nc(-c2ccc(Cl)cc2)nc(C(C)C)c1OC(=O)O. The lowest BCUT2D eigenvalue weighted by atomic mass is 10.1. The van der Waals surface area contributed by atoms with Gasteiger partial charge >= 0.3 is 6.16 Å². The molecule has 122 valence electrons. The van der Waals surface area contributed by atoms with Gasteiger partial charge in [0.25, 0.3) is 5.88 Å². The Labute approximate surface area is 139 Å². The first-order valence-corrected chi connectivity index (χ1v) is 7.51. The lowest BCUT2D eigenvalue weighted by Gasteiger charge is -2.15. The van der Waals surface area contributed by atoms with E-state index in [0.717, 1.165) is 5.56 Å². The Kier molecular flexibility index (Phi) is 5.39. The van der Waals surface area contributed by atoms with Crippen molar-refractivity contribution in [3.63, 3.8) is 0 Å². The van der Waals surface area contributed by atoms with Gasteiger partial charge in [0, 0.05) is 10.6 Å². The summed E-state index contributed by atoms with van der Waals surface area (Å²) < 4.78 is 10.3. The average molecular weight is 337 g/mol. The van der Waals surface area contributed by atoms with Crippen molar-refractivity contribution in [2.24, 2.45) is 0 Å². The van der Waals surface area contributed by atoms with Gasteiger partial charge in [0.15, 0.2) is 5.82 Å². The molecule has 0 amide bonds. The zero-order valence-electron chi connectivity index (χ0n) is 13.0. The summed E-state index contributed by atoms with van der Waals surface area (Å²) in [5.74, 6) is 0.495. The molecule has 6 nitrogen and oxygen atoms in total. The van der Waals surface area contributed by atoms with Gasteiger partial charge in [-0.15, -0.1) is 0 Å². The molecule has 0 saturated carbocycles. The lowest BCUT2D eigenvalue weighted by molar-refractivity contribution is 0.140. The minimum atomic E-state index is -1.43. The molecule has 0 radical (unpaired) electrons. The highest BCUT2D eigenvalue weighted by Crippen LogP contribution is 2.35. The van der Waals surface area contributed by atoms with Crippen molar-refractivity contribution in [3.8, 4) is 23.0 Å². The Morgan fingerprint density at radius 2 is 1.91 bits per heavy atom. The number of carbonyl (C=O) groups is 1. The van der Waals surface area contributed by atoms with Crippen LogP contribution in [0.15, 0.2) is 24.3 Å². The molecule has 0 atom stereocenters. The van der Waals surface area contributed by atoms with E-state index < -0.39 is 6.16 Å². The summed E-state index contributed by atoms with van der Waals surface area (Å²) >= 11 is 5.89. The van der Waals surface area contributed by atoms with Crippen molar-refractivity contribution in [3.05, 3.63) is 35.0 Å². The Morgan fingerprint density at radius 3 is 2.43 bits per heavy atom. The van der Waals surface area contributed by atoms with E-state index in [0.29, 0.717) is 23.1 Å². The Hall–Kier alpha value is -2.34. The van der Waals surface area contributed by atoms with Crippen LogP contribution in [0, 0.1) is 0 Å². The quantitative estimate of drug-likeness (QED) is 0.816. The van der Waals surface area contributed by atoms with E-state index in [1.165, 1.54) is 0 Å². The summed E-state index contributed by atoms with van der Waals surface area (Å²) in [5, 5.41) is 9.54. The number of carboxylic acid groups (broad SMARTS) is 1. The monoisotopic (exact) mass is 336 g/mol. The van der Waals surface area contributed by atoms with Crippen molar-refractivity contribution in [2.75, 3.05) is 6.61 Å². The first kappa shape index (κ1) is 17.0. The van der Waals surface area contributed by atoms with Gasteiger partial charge in [-0.05, 0) is 37.1 Å². The molecule has 1 heterocycles. The minimum Gasteiger partial charge on any atom is -0.475 e. The molecule has 23 heavy (non-hydrogen) atoms. The molecule has 0 unspecified atom stereocenters. The second kappa shape index (κ2) is 7.28. The van der Waals surface area contributed by atoms with E-state index in [1.807, 2.05) is 13.8 Å². The number of nitrogens with zero attached hydrogens (tertiary/aromatic N) is 2. The molecular weight excluding hydrogens is 320 g/mol. The number of hydrogen-bond acceptors (Lipinski definition) is 5. The Bertz CT molecular complexity index is 702. The highest BCUT2D eigenvalue weighted by atomic mass is 35.5. The zero-order valence-corrected chi connectivity index (χ0v) is 13.8. The number of benzene rings is 1. The van der Waals surface area contributed by atoms with Gasteiger partial charge in [0.05, 0.1) is 12.3 Å². The number of rotatable bonds is 5. The van der Waals surface area contributed by atoms with Crippen LogP contribution >= 0.6 is 11.6 Å². The second-order valence-electron chi connectivity index (χ2n) is 5.03. The molecule has 1 aromatic carbocycles. The Morgan fingerprint density at radius 1 is 1.26 bits per heavy atom. The van der Waals surface area contributed by atoms with E-state index in [-0.39, 0.29) is 17.5 Å². The molecule has 2 rings (SSSR count). The van der Waals surface area contributed by atoms with Gasteiger partial charge in [-0.3, -0.25) is 0 Å². The van der Waals surface area contributed by atoms with E-state index in [1.54, 1.807) is 31.2 Å². The standard InChI is InChI=1S/C16H17ClN2O4/c1-4-22-15-13(23-16(20)21)12(9(2)3)18-14(19-15)10-5-7-11(17)8-6-10/h5-9H,4H2,1-3H3,(H,20,21). The van der Waals surface area contributed by atoms with Crippen LogP contribution in [0.3, 0.4) is 0 Å². The molecule has 0 bridgehead atoms. The van der Waals surface area contributed by atoms with E-state index in [4.69, 9.17) is 26.2 Å². The zero-order chi connectivity index (χ0) is 17.0. The van der Waals surface area contributed by atoms with E-state index in [9.17, 15) is 4.79 Å². The van der Waals surface area contributed by atoms with Crippen molar-refractivity contribution in [1.29, 1.82) is 0 Å². The topological polar surface area (TPSA) is 81.5 Å². The molecule has 1 aromatic heterocycles. The highest BCUT2D eigenvalue weighted by molar-refractivity contribution is 6.30. The number of halogens is 1. The third-order valence-electron chi connectivity index (χ3n) is 2.98. The summed E-state index contributed by atoms with van der Waals surface area (Å²) in [6.45, 7) is 5.88. The van der Waals surface area contributed by atoms with Crippen LogP contribution in [0.5, 0.6) is 11.6 Å². The van der Waals surface area contributed by atoms with Crippen LogP contribution in [-0.4, -0.2) is 27.8 Å². The highest BCUT2D eigenvalue weighted by Gasteiger charge is 2.22. The molecule has 0 aliphatic heterocycles. The molecule has 0 aliphatic carbocycles. The molecular formula is C16H17ClN2O4. The van der Waals surface area contributed by atoms with Gasteiger partial charge in [-0.2, -0.15) is 4.98 Å². The van der Waals surface area contributed by atoms with Gasteiger partial charge in [-0.25, -0.2) is 9.78 Å². The fourth-order valence-electron chi connectivity index (χ4n) is 1.98. The minimum absolute atomic E-state index is 0.0343. The smallest absolute Gasteiger partial charge is 0.475 e. The fraction of sp³-hybridized carbons (Fsp3) is 0.312. The van der Waals surface area contributed by atoms with Gasteiger partial charge in [0.2, 0.25) is 5.75 Å². The third kappa shape index (κ3) is 4.10. The van der Waals surface area contributed by atoms with Crippen LogP contribution < -0.4 is 9.47 Å². The van der Waals surface area contributed by atoms with Crippen molar-refractivity contribution < 1.29 is 19.4 Å². The summed E-state index contributed by atoms with van der Waals surface area (Å²) in [7, 11) is 0. The fourth-order valence-corrected chi connectivity index (χ4v) is 2.11. The van der Waals surface area contributed by atoms with Crippen LogP contribution in [0.25, 0.3) is 11.4 Å². The van der Waals surface area contributed by atoms with Gasteiger partial charge in [0.1, 0.15) is 0 Å². The molecule has 2 aromatic rings. The van der Waals surface area contributed by atoms with Crippen molar-refractivity contribution in [2.45, 2.75) is 26.7 Å². The van der Waals surface area contributed by atoms with Crippen LogP contribution in [0.4, 0.5) is 4.79 Å². The summed E-state index contributed by atoms with van der Waals surface area (Å²) in [6, 6.07) is 7.04. The molecule has 0 spiro atoms. The second-order valence-corrected chi connectivity index (χ2v) is 5.47. The lowest BCUT2D eigenvalue weighted by Crippen LogP contribution is -2.12. The molecule has 0 fully saturated rings. The summed E-state index contributed by atoms with van der Waals surface area (Å²) in [4.78, 5) is 19.7. The van der Waals surface area contributed by atoms with Gasteiger partial charge < -0.3 is 14.6 Å². The normalized spacial score (nSPS) is 10.7. The maximum Gasteiger partial charge on any atom is 0.511 e. The van der Waals surface area contributed by atoms with E-state index >= 15 is 0 Å². The summed E-state index contributed by atoms with van der Waals surface area (Å²) in [5.41, 5.74) is 1.22. The maximum absolute atomic E-state index is 10.9. The van der Waals surface area contributed by atoms with Crippen molar-refractivity contribution >= 4 is 17.8 Å². The van der Waals surface area contributed by atoms with E-state index in [2.05, 4.69) is 9.97 Å². The Balaban J connectivity index is 2.61. The molecule has 0 aliphatic rings. The number of ether oxygens (including phenoxy) is 2. The molecule has 7 heteroatoms.